The van der Waals surface area contributed by atoms with Crippen LogP contribution >= 0.6 is 0 Å². The molecule has 1 unspecified atom stereocenters. The molecule has 118 valence electrons. The lowest BCUT2D eigenvalue weighted by molar-refractivity contribution is -0.157. The number of carbonyl (C=O) groups is 1. The summed E-state index contributed by atoms with van der Waals surface area (Å²) in [5.41, 5.74) is -0.469. The number of likely N-dealkylation sites (tertiary alicyclic amines) is 1. The SMILES string of the molecule is CCC(C)(C)C(=O)OCC(O)CNCCN1CCCC1. The van der Waals surface area contributed by atoms with Crippen LogP contribution in [0.15, 0.2) is 0 Å². The second kappa shape index (κ2) is 8.60. The fourth-order valence-electron chi connectivity index (χ4n) is 2.08. The van der Waals surface area contributed by atoms with E-state index in [0.29, 0.717) is 6.54 Å². The summed E-state index contributed by atoms with van der Waals surface area (Å²) in [7, 11) is 0. The molecule has 0 radical (unpaired) electrons. The second-order valence-electron chi connectivity index (χ2n) is 6.24. The molecule has 1 rings (SSSR count). The average molecular weight is 286 g/mol. The lowest BCUT2D eigenvalue weighted by atomic mass is 9.91. The van der Waals surface area contributed by atoms with Crippen molar-refractivity contribution in [2.45, 2.75) is 46.1 Å². The Hall–Kier alpha value is -0.650. The molecule has 5 nitrogen and oxygen atoms in total. The highest BCUT2D eigenvalue weighted by molar-refractivity contribution is 5.75. The summed E-state index contributed by atoms with van der Waals surface area (Å²) >= 11 is 0. The number of esters is 1. The van der Waals surface area contributed by atoms with Gasteiger partial charge in [0.05, 0.1) is 5.41 Å². The predicted molar refractivity (Wildman–Crippen MR) is 79.6 cm³/mol. The molecule has 0 amide bonds. The largest absolute Gasteiger partial charge is 0.462 e. The van der Waals surface area contributed by atoms with Gasteiger partial charge in [0.1, 0.15) is 12.7 Å². The second-order valence-corrected chi connectivity index (χ2v) is 6.24. The Morgan fingerprint density at radius 1 is 1.40 bits per heavy atom. The maximum atomic E-state index is 11.7. The summed E-state index contributed by atoms with van der Waals surface area (Å²) in [6.07, 6.45) is 2.69. The third kappa shape index (κ3) is 6.20. The van der Waals surface area contributed by atoms with Gasteiger partial charge in [0.25, 0.3) is 0 Å². The zero-order valence-corrected chi connectivity index (χ0v) is 13.2. The number of hydrogen-bond acceptors (Lipinski definition) is 5. The fraction of sp³-hybridized carbons (Fsp3) is 0.933. The van der Waals surface area contributed by atoms with E-state index in [2.05, 4.69) is 10.2 Å². The van der Waals surface area contributed by atoms with Crippen molar-refractivity contribution in [3.8, 4) is 0 Å². The van der Waals surface area contributed by atoms with E-state index in [-0.39, 0.29) is 12.6 Å². The van der Waals surface area contributed by atoms with Crippen LogP contribution in [0.3, 0.4) is 0 Å². The van der Waals surface area contributed by atoms with Crippen molar-refractivity contribution in [2.24, 2.45) is 5.41 Å². The van der Waals surface area contributed by atoms with Gasteiger partial charge in [-0.3, -0.25) is 4.79 Å². The first-order valence-corrected chi connectivity index (χ1v) is 7.74. The Bertz CT molecular complexity index is 289. The highest BCUT2D eigenvalue weighted by atomic mass is 16.5. The Labute approximate surface area is 122 Å². The van der Waals surface area contributed by atoms with E-state index >= 15 is 0 Å². The number of nitrogens with zero attached hydrogens (tertiary/aromatic N) is 1. The van der Waals surface area contributed by atoms with Crippen LogP contribution in [0.5, 0.6) is 0 Å². The van der Waals surface area contributed by atoms with E-state index in [0.717, 1.165) is 19.5 Å². The molecule has 0 aliphatic carbocycles. The number of aliphatic hydroxyl groups is 1. The minimum Gasteiger partial charge on any atom is -0.462 e. The van der Waals surface area contributed by atoms with Crippen LogP contribution in [0.4, 0.5) is 0 Å². The Balaban J connectivity index is 2.05. The summed E-state index contributed by atoms with van der Waals surface area (Å²) in [4.78, 5) is 14.2. The van der Waals surface area contributed by atoms with Crippen LogP contribution < -0.4 is 5.32 Å². The summed E-state index contributed by atoms with van der Waals surface area (Å²) in [5.74, 6) is -0.240. The van der Waals surface area contributed by atoms with Gasteiger partial charge < -0.3 is 20.1 Å². The molecule has 1 aliphatic heterocycles. The molecule has 1 fully saturated rings. The van der Waals surface area contributed by atoms with Crippen molar-refractivity contribution in [3.63, 3.8) is 0 Å². The molecule has 20 heavy (non-hydrogen) atoms. The Morgan fingerprint density at radius 3 is 2.65 bits per heavy atom. The van der Waals surface area contributed by atoms with E-state index in [1.807, 2.05) is 20.8 Å². The van der Waals surface area contributed by atoms with Gasteiger partial charge >= 0.3 is 5.97 Å². The molecule has 0 spiro atoms. The molecule has 0 saturated carbocycles. The van der Waals surface area contributed by atoms with Crippen LogP contribution in [0.1, 0.15) is 40.0 Å². The average Bonchev–Trinajstić information content (AvgIpc) is 2.94. The molecule has 1 atom stereocenters. The van der Waals surface area contributed by atoms with E-state index < -0.39 is 11.5 Å². The van der Waals surface area contributed by atoms with Crippen LogP contribution in [0.25, 0.3) is 0 Å². The topological polar surface area (TPSA) is 61.8 Å². The number of aliphatic hydroxyl groups excluding tert-OH is 1. The summed E-state index contributed by atoms with van der Waals surface area (Å²) in [6.45, 7) is 10.5. The number of rotatable bonds is 9. The van der Waals surface area contributed by atoms with E-state index in [9.17, 15) is 9.90 Å². The molecule has 1 aliphatic rings. The lowest BCUT2D eigenvalue weighted by Crippen LogP contribution is -2.37. The van der Waals surface area contributed by atoms with Gasteiger partial charge in [-0.2, -0.15) is 0 Å². The molecule has 0 aromatic carbocycles. The number of carbonyl (C=O) groups excluding carboxylic acids is 1. The molecule has 2 N–H and O–H groups in total. The third-order valence-electron chi connectivity index (χ3n) is 4.03. The molecule has 0 bridgehead atoms. The Morgan fingerprint density at radius 2 is 2.05 bits per heavy atom. The number of ether oxygens (including phenoxy) is 1. The van der Waals surface area contributed by atoms with E-state index in [1.54, 1.807) is 0 Å². The first-order chi connectivity index (χ1) is 9.45. The highest BCUT2D eigenvalue weighted by Crippen LogP contribution is 2.21. The number of nitrogens with one attached hydrogen (secondary N) is 1. The monoisotopic (exact) mass is 286 g/mol. The summed E-state index contributed by atoms with van der Waals surface area (Å²) in [6, 6.07) is 0. The predicted octanol–water partition coefficient (Wildman–Crippen LogP) is 1.01. The Kier molecular flexibility index (Phi) is 7.48. The van der Waals surface area contributed by atoms with E-state index in [1.165, 1.54) is 25.9 Å². The van der Waals surface area contributed by atoms with Crippen molar-refractivity contribution in [2.75, 3.05) is 39.3 Å². The first-order valence-electron chi connectivity index (χ1n) is 7.74. The van der Waals surface area contributed by atoms with Gasteiger partial charge in [0.2, 0.25) is 0 Å². The van der Waals surface area contributed by atoms with Gasteiger partial charge in [0.15, 0.2) is 0 Å². The van der Waals surface area contributed by atoms with Crippen LogP contribution in [0, 0.1) is 5.41 Å². The van der Waals surface area contributed by atoms with Crippen molar-refractivity contribution < 1.29 is 14.6 Å². The summed E-state index contributed by atoms with van der Waals surface area (Å²) < 4.78 is 5.15. The van der Waals surface area contributed by atoms with Gasteiger partial charge in [-0.05, 0) is 46.2 Å². The standard InChI is InChI=1S/C15H30N2O3/c1-4-15(2,3)14(19)20-12-13(18)11-16-7-10-17-8-5-6-9-17/h13,16,18H,4-12H2,1-3H3. The quantitative estimate of drug-likeness (QED) is 0.489. The van der Waals surface area contributed by atoms with Crippen LogP contribution in [-0.4, -0.2) is 61.4 Å². The summed E-state index contributed by atoms with van der Waals surface area (Å²) in [5, 5.41) is 13.0. The minimum absolute atomic E-state index is 0.0684. The lowest BCUT2D eigenvalue weighted by Gasteiger charge is -2.22. The van der Waals surface area contributed by atoms with Gasteiger partial charge in [0, 0.05) is 19.6 Å². The molecule has 5 heteroatoms. The van der Waals surface area contributed by atoms with Gasteiger partial charge in [-0.15, -0.1) is 0 Å². The molecule has 0 aromatic rings. The van der Waals surface area contributed by atoms with Crippen LogP contribution in [-0.2, 0) is 9.53 Å². The molecular weight excluding hydrogens is 256 g/mol. The minimum atomic E-state index is -0.634. The molecule has 1 heterocycles. The highest BCUT2D eigenvalue weighted by Gasteiger charge is 2.27. The third-order valence-corrected chi connectivity index (χ3v) is 4.03. The normalized spacial score (nSPS) is 18.2. The van der Waals surface area contributed by atoms with Gasteiger partial charge in [-0.1, -0.05) is 6.92 Å². The van der Waals surface area contributed by atoms with E-state index in [4.69, 9.17) is 4.74 Å². The smallest absolute Gasteiger partial charge is 0.311 e. The van der Waals surface area contributed by atoms with Gasteiger partial charge in [-0.25, -0.2) is 0 Å². The zero-order valence-electron chi connectivity index (χ0n) is 13.2. The maximum Gasteiger partial charge on any atom is 0.311 e. The first kappa shape index (κ1) is 17.4. The van der Waals surface area contributed by atoms with Crippen molar-refractivity contribution in [1.82, 2.24) is 10.2 Å². The van der Waals surface area contributed by atoms with Crippen molar-refractivity contribution in [1.29, 1.82) is 0 Å². The van der Waals surface area contributed by atoms with Crippen molar-refractivity contribution >= 4 is 5.97 Å². The van der Waals surface area contributed by atoms with Crippen molar-refractivity contribution in [3.05, 3.63) is 0 Å². The maximum absolute atomic E-state index is 11.7. The zero-order chi connectivity index (χ0) is 15.0. The molecule has 0 aromatic heterocycles. The number of hydrogen-bond donors (Lipinski definition) is 2. The fourth-order valence-corrected chi connectivity index (χ4v) is 2.08. The molecule has 1 saturated heterocycles. The van der Waals surface area contributed by atoms with Crippen LogP contribution in [0.2, 0.25) is 0 Å². The molecular formula is C15H30N2O3.